The molecule has 1 spiro atoms. The van der Waals surface area contributed by atoms with Crippen molar-refractivity contribution in [2.45, 2.75) is 63.5 Å². The molecule has 4 rings (SSSR count). The summed E-state index contributed by atoms with van der Waals surface area (Å²) in [6.45, 7) is 0.815. The number of nitrogens with one attached hydrogen (secondary N) is 2. The second-order valence-electron chi connectivity index (χ2n) is 9.87. The molecule has 0 unspecified atom stereocenters. The molecule has 8 nitrogen and oxygen atoms in total. The molecular formula is C25H30Cl2N4O4. The van der Waals surface area contributed by atoms with Gasteiger partial charge in [-0.05, 0) is 55.7 Å². The average molecular weight is 521 g/mol. The fourth-order valence-electron chi connectivity index (χ4n) is 5.60. The van der Waals surface area contributed by atoms with Crippen LogP contribution in [-0.2, 0) is 14.4 Å². The Bertz CT molecular complexity index is 1020. The van der Waals surface area contributed by atoms with Crippen molar-refractivity contribution in [1.29, 1.82) is 5.26 Å². The summed E-state index contributed by atoms with van der Waals surface area (Å²) in [6.07, 6.45) is 6.71. The molecule has 10 heteroatoms. The van der Waals surface area contributed by atoms with E-state index < -0.39 is 12.1 Å². The highest BCUT2D eigenvalue weighted by molar-refractivity contribution is 6.35. The Hall–Kier alpha value is -2.50. The maximum absolute atomic E-state index is 13.3. The van der Waals surface area contributed by atoms with E-state index in [1.807, 2.05) is 0 Å². The number of ether oxygens (including phenoxy) is 1. The lowest BCUT2D eigenvalue weighted by molar-refractivity contribution is -0.140. The zero-order chi connectivity index (χ0) is 25.0. The molecular weight excluding hydrogens is 491 g/mol. The standard InChI is InChI=1S/C25H30Cl2N4O4/c26-17-4-5-21(19(27)11-17)35-14-22(32)31-15-25(7-2-1-3-8-25)12-20(31)24(34)30-18(13-28)10-16-6-9-29-23(16)33/h4-5,11,16,18,20H,1-3,6-10,12,14-15H2,(H,29,33)(H,30,34)/t16-,18-,20-/m0/s1. The molecule has 3 aliphatic rings. The van der Waals surface area contributed by atoms with Gasteiger partial charge in [-0.1, -0.05) is 42.5 Å². The van der Waals surface area contributed by atoms with Gasteiger partial charge in [0.15, 0.2) is 6.61 Å². The zero-order valence-corrected chi connectivity index (χ0v) is 21.0. The van der Waals surface area contributed by atoms with Gasteiger partial charge >= 0.3 is 0 Å². The topological polar surface area (TPSA) is 112 Å². The highest BCUT2D eigenvalue weighted by atomic mass is 35.5. The summed E-state index contributed by atoms with van der Waals surface area (Å²) < 4.78 is 5.66. The smallest absolute Gasteiger partial charge is 0.261 e. The first-order valence-corrected chi connectivity index (χ1v) is 12.9. The van der Waals surface area contributed by atoms with Crippen LogP contribution in [0.15, 0.2) is 18.2 Å². The molecule has 2 aliphatic heterocycles. The molecule has 3 atom stereocenters. The van der Waals surface area contributed by atoms with Crippen LogP contribution < -0.4 is 15.4 Å². The summed E-state index contributed by atoms with van der Waals surface area (Å²) in [5.41, 5.74) is -0.0959. The van der Waals surface area contributed by atoms with Gasteiger partial charge in [0, 0.05) is 24.0 Å². The van der Waals surface area contributed by atoms with Gasteiger partial charge in [0.1, 0.15) is 17.8 Å². The fourth-order valence-corrected chi connectivity index (χ4v) is 6.06. The number of carbonyl (C=O) groups is 3. The number of amides is 3. The van der Waals surface area contributed by atoms with Crippen molar-refractivity contribution in [3.63, 3.8) is 0 Å². The van der Waals surface area contributed by atoms with Gasteiger partial charge < -0.3 is 20.3 Å². The van der Waals surface area contributed by atoms with Crippen molar-refractivity contribution < 1.29 is 19.1 Å². The molecule has 3 fully saturated rings. The number of rotatable bonds is 7. The first-order chi connectivity index (χ1) is 16.8. The summed E-state index contributed by atoms with van der Waals surface area (Å²) in [5.74, 6) is -0.686. The Labute approximate surface area is 215 Å². The van der Waals surface area contributed by atoms with Gasteiger partial charge in [-0.3, -0.25) is 14.4 Å². The van der Waals surface area contributed by atoms with E-state index in [1.165, 1.54) is 0 Å². The lowest BCUT2D eigenvalue weighted by atomic mass is 9.72. The minimum Gasteiger partial charge on any atom is -0.482 e. The molecule has 0 aromatic heterocycles. The fraction of sp³-hybridized carbons (Fsp3) is 0.600. The molecule has 35 heavy (non-hydrogen) atoms. The van der Waals surface area contributed by atoms with Crippen LogP contribution >= 0.6 is 23.2 Å². The van der Waals surface area contributed by atoms with E-state index in [1.54, 1.807) is 23.1 Å². The van der Waals surface area contributed by atoms with Crippen LogP contribution in [0.3, 0.4) is 0 Å². The largest absolute Gasteiger partial charge is 0.482 e. The molecule has 188 valence electrons. The summed E-state index contributed by atoms with van der Waals surface area (Å²) in [4.78, 5) is 40.1. The molecule has 1 saturated carbocycles. The minimum atomic E-state index is -0.791. The number of halogens is 2. The van der Waals surface area contributed by atoms with Crippen molar-refractivity contribution in [2.24, 2.45) is 11.3 Å². The lowest BCUT2D eigenvalue weighted by Gasteiger charge is -2.33. The summed E-state index contributed by atoms with van der Waals surface area (Å²) in [5, 5.41) is 15.9. The average Bonchev–Trinajstić information content (AvgIpc) is 3.41. The van der Waals surface area contributed by atoms with Crippen LogP contribution in [0, 0.1) is 22.7 Å². The number of likely N-dealkylation sites (tertiary alicyclic amines) is 1. The third-order valence-corrected chi connectivity index (χ3v) is 7.98. The summed E-state index contributed by atoms with van der Waals surface area (Å²) in [6, 6.07) is 5.41. The molecule has 1 aromatic rings. The van der Waals surface area contributed by atoms with Crippen molar-refractivity contribution >= 4 is 40.9 Å². The van der Waals surface area contributed by atoms with Crippen molar-refractivity contribution in [3.8, 4) is 11.8 Å². The number of hydrogen-bond donors (Lipinski definition) is 2. The van der Waals surface area contributed by atoms with Crippen molar-refractivity contribution in [1.82, 2.24) is 15.5 Å². The van der Waals surface area contributed by atoms with E-state index in [4.69, 9.17) is 27.9 Å². The summed E-state index contributed by atoms with van der Waals surface area (Å²) in [7, 11) is 0. The Morgan fingerprint density at radius 1 is 1.29 bits per heavy atom. The van der Waals surface area contributed by atoms with Gasteiger partial charge in [-0.2, -0.15) is 5.26 Å². The van der Waals surface area contributed by atoms with E-state index in [2.05, 4.69) is 16.7 Å². The van der Waals surface area contributed by atoms with E-state index in [0.29, 0.717) is 41.7 Å². The van der Waals surface area contributed by atoms with E-state index in [-0.39, 0.29) is 42.1 Å². The predicted molar refractivity (Wildman–Crippen MR) is 131 cm³/mol. The number of nitrogens with zero attached hydrogens (tertiary/aromatic N) is 2. The Kier molecular flexibility index (Phi) is 8.08. The lowest BCUT2D eigenvalue weighted by Crippen LogP contribution is -2.50. The monoisotopic (exact) mass is 520 g/mol. The molecule has 3 amide bonds. The number of carbonyl (C=O) groups excluding carboxylic acids is 3. The maximum Gasteiger partial charge on any atom is 0.261 e. The van der Waals surface area contributed by atoms with Crippen LogP contribution in [0.1, 0.15) is 51.4 Å². The zero-order valence-electron chi connectivity index (χ0n) is 19.5. The second kappa shape index (κ2) is 11.0. The van der Waals surface area contributed by atoms with Crippen molar-refractivity contribution in [3.05, 3.63) is 28.2 Å². The van der Waals surface area contributed by atoms with Crippen LogP contribution in [0.4, 0.5) is 0 Å². The van der Waals surface area contributed by atoms with Crippen LogP contribution in [-0.4, -0.2) is 54.4 Å². The molecule has 2 heterocycles. The molecule has 0 bridgehead atoms. The van der Waals surface area contributed by atoms with Crippen LogP contribution in [0.2, 0.25) is 10.0 Å². The van der Waals surface area contributed by atoms with Gasteiger partial charge in [0.25, 0.3) is 5.91 Å². The van der Waals surface area contributed by atoms with Crippen molar-refractivity contribution in [2.75, 3.05) is 19.7 Å². The van der Waals surface area contributed by atoms with Gasteiger partial charge in [0.2, 0.25) is 11.8 Å². The van der Waals surface area contributed by atoms with Gasteiger partial charge in [-0.25, -0.2) is 0 Å². The molecule has 2 N–H and O–H groups in total. The molecule has 1 aromatic carbocycles. The number of benzene rings is 1. The second-order valence-corrected chi connectivity index (χ2v) is 10.7. The number of hydrogen-bond acceptors (Lipinski definition) is 5. The van der Waals surface area contributed by atoms with Crippen LogP contribution in [0.5, 0.6) is 5.75 Å². The predicted octanol–water partition coefficient (Wildman–Crippen LogP) is 3.46. The minimum absolute atomic E-state index is 0.0867. The molecule has 2 saturated heterocycles. The molecule has 1 aliphatic carbocycles. The van der Waals surface area contributed by atoms with Crippen LogP contribution in [0.25, 0.3) is 0 Å². The quantitative estimate of drug-likeness (QED) is 0.571. The third kappa shape index (κ3) is 6.02. The van der Waals surface area contributed by atoms with Gasteiger partial charge in [-0.15, -0.1) is 0 Å². The summed E-state index contributed by atoms with van der Waals surface area (Å²) >= 11 is 12.1. The Morgan fingerprint density at radius 3 is 2.71 bits per heavy atom. The highest BCUT2D eigenvalue weighted by Gasteiger charge is 2.49. The first-order valence-electron chi connectivity index (χ1n) is 12.2. The first kappa shape index (κ1) is 25.6. The number of nitriles is 1. The third-order valence-electron chi connectivity index (χ3n) is 7.45. The maximum atomic E-state index is 13.3. The molecule has 0 radical (unpaired) electrons. The van der Waals surface area contributed by atoms with Gasteiger partial charge in [0.05, 0.1) is 11.1 Å². The highest BCUT2D eigenvalue weighted by Crippen LogP contribution is 2.46. The van der Waals surface area contributed by atoms with E-state index in [9.17, 15) is 19.6 Å². The SMILES string of the molecule is N#C[C@H](C[C@@H]1CCNC1=O)NC(=O)[C@@H]1CC2(CCCCC2)CN1C(=O)COc1ccc(Cl)cc1Cl. The Morgan fingerprint density at radius 2 is 2.06 bits per heavy atom. The Balaban J connectivity index is 1.45. The normalized spacial score (nSPS) is 24.0. The van der Waals surface area contributed by atoms with E-state index in [0.717, 1.165) is 32.1 Å². The van der Waals surface area contributed by atoms with E-state index >= 15 is 0 Å².